The number of ether oxygens (including phenoxy) is 1. The lowest BCUT2D eigenvalue weighted by Crippen LogP contribution is -2.54. The van der Waals surface area contributed by atoms with Crippen molar-refractivity contribution in [2.75, 3.05) is 7.11 Å². The largest absolute Gasteiger partial charge is 0.497 e. The lowest BCUT2D eigenvalue weighted by atomic mass is 10.0. The van der Waals surface area contributed by atoms with Crippen molar-refractivity contribution in [3.8, 4) is 5.75 Å². The van der Waals surface area contributed by atoms with Gasteiger partial charge in [0.2, 0.25) is 11.8 Å². The predicted octanol–water partition coefficient (Wildman–Crippen LogP) is 1.07. The maximum atomic E-state index is 12.9. The van der Waals surface area contributed by atoms with Crippen LogP contribution in [0.3, 0.4) is 0 Å². The number of carbonyl (C=O) groups is 4. The standard InChI is InChI=1S/C21H18N2O7S/c1-30-13-3-2-4-14(10-13)31(28,29)11-12-5-6-15-16(9-12)21(27)23(20(15)26)17-7-8-18(24)22-19(17)25/h2-6,9-10,17H,7-8,11H2,1H3,(H,22,24,25). The van der Waals surface area contributed by atoms with Gasteiger partial charge in [0, 0.05) is 6.42 Å². The first-order valence-electron chi connectivity index (χ1n) is 9.42. The van der Waals surface area contributed by atoms with Crippen molar-refractivity contribution in [3.63, 3.8) is 0 Å². The van der Waals surface area contributed by atoms with E-state index in [1.54, 1.807) is 12.1 Å². The zero-order valence-corrected chi connectivity index (χ0v) is 17.3. The van der Waals surface area contributed by atoms with Crippen molar-refractivity contribution in [3.05, 3.63) is 59.2 Å². The lowest BCUT2D eigenvalue weighted by Gasteiger charge is -2.27. The Bertz CT molecular complexity index is 1240. The van der Waals surface area contributed by atoms with E-state index in [0.717, 1.165) is 4.90 Å². The smallest absolute Gasteiger partial charge is 0.262 e. The maximum absolute atomic E-state index is 12.9. The van der Waals surface area contributed by atoms with Gasteiger partial charge in [0.15, 0.2) is 9.84 Å². The van der Waals surface area contributed by atoms with Crippen molar-refractivity contribution in [1.29, 1.82) is 0 Å². The second kappa shape index (κ2) is 7.62. The first-order chi connectivity index (χ1) is 14.7. The molecule has 1 fully saturated rings. The number of imide groups is 2. The van der Waals surface area contributed by atoms with Gasteiger partial charge in [-0.25, -0.2) is 8.42 Å². The van der Waals surface area contributed by atoms with Crippen LogP contribution in [0.15, 0.2) is 47.4 Å². The highest BCUT2D eigenvalue weighted by molar-refractivity contribution is 7.90. The number of nitrogens with one attached hydrogen (secondary N) is 1. The molecule has 0 saturated carbocycles. The average Bonchev–Trinajstić information content (AvgIpc) is 2.98. The van der Waals surface area contributed by atoms with E-state index in [1.165, 1.54) is 37.4 Å². The third-order valence-electron chi connectivity index (χ3n) is 5.26. The first-order valence-corrected chi connectivity index (χ1v) is 11.1. The van der Waals surface area contributed by atoms with Gasteiger partial charge < -0.3 is 4.74 Å². The number of nitrogens with zero attached hydrogens (tertiary/aromatic N) is 1. The van der Waals surface area contributed by atoms with E-state index >= 15 is 0 Å². The van der Waals surface area contributed by atoms with Crippen molar-refractivity contribution >= 4 is 33.5 Å². The van der Waals surface area contributed by atoms with E-state index in [-0.39, 0.29) is 34.6 Å². The molecule has 0 bridgehead atoms. The van der Waals surface area contributed by atoms with Crippen LogP contribution in [0.2, 0.25) is 0 Å². The fourth-order valence-corrected chi connectivity index (χ4v) is 5.07. The minimum absolute atomic E-state index is 0.0217. The minimum Gasteiger partial charge on any atom is -0.497 e. The van der Waals surface area contributed by atoms with E-state index in [4.69, 9.17) is 4.74 Å². The zero-order chi connectivity index (χ0) is 22.3. The SMILES string of the molecule is COc1cccc(S(=O)(=O)Cc2ccc3c(c2)C(=O)N(C2CCC(=O)NC2=O)C3=O)c1. The number of rotatable bonds is 5. The molecule has 0 spiro atoms. The second-order valence-electron chi connectivity index (χ2n) is 7.27. The number of carbonyl (C=O) groups excluding carboxylic acids is 4. The Morgan fingerprint density at radius 2 is 1.77 bits per heavy atom. The fraction of sp³-hybridized carbons (Fsp3) is 0.238. The maximum Gasteiger partial charge on any atom is 0.262 e. The summed E-state index contributed by atoms with van der Waals surface area (Å²) in [4.78, 5) is 50.0. The fourth-order valence-electron chi connectivity index (χ4n) is 3.71. The van der Waals surface area contributed by atoms with Gasteiger partial charge in [0.25, 0.3) is 11.8 Å². The van der Waals surface area contributed by atoms with Crippen LogP contribution in [0.5, 0.6) is 5.75 Å². The number of sulfone groups is 1. The normalized spacial score (nSPS) is 18.7. The Labute approximate surface area is 177 Å². The molecule has 2 heterocycles. The summed E-state index contributed by atoms with van der Waals surface area (Å²) in [6.45, 7) is 0. The molecule has 0 radical (unpaired) electrons. The minimum atomic E-state index is -3.73. The van der Waals surface area contributed by atoms with Crippen LogP contribution < -0.4 is 10.1 Å². The van der Waals surface area contributed by atoms with Gasteiger partial charge in [0.1, 0.15) is 11.8 Å². The highest BCUT2D eigenvalue weighted by Crippen LogP contribution is 2.29. The number of piperidine rings is 1. The van der Waals surface area contributed by atoms with Gasteiger partial charge >= 0.3 is 0 Å². The van der Waals surface area contributed by atoms with E-state index in [9.17, 15) is 27.6 Å². The molecule has 1 atom stereocenters. The van der Waals surface area contributed by atoms with Crippen LogP contribution in [0.4, 0.5) is 0 Å². The first kappa shape index (κ1) is 20.7. The van der Waals surface area contributed by atoms with Crippen LogP contribution in [-0.4, -0.2) is 50.1 Å². The number of amides is 4. The molecule has 1 unspecified atom stereocenters. The Morgan fingerprint density at radius 3 is 2.48 bits per heavy atom. The van der Waals surface area contributed by atoms with E-state index in [1.807, 2.05) is 0 Å². The molecule has 2 aliphatic heterocycles. The summed E-state index contributed by atoms with van der Waals surface area (Å²) in [5, 5.41) is 2.13. The Kier molecular flexibility index (Phi) is 5.10. The van der Waals surface area contributed by atoms with E-state index < -0.39 is 39.5 Å². The monoisotopic (exact) mass is 442 g/mol. The summed E-state index contributed by atoms with van der Waals surface area (Å²) >= 11 is 0. The summed E-state index contributed by atoms with van der Waals surface area (Å²) in [7, 11) is -2.30. The molecule has 2 aliphatic rings. The zero-order valence-electron chi connectivity index (χ0n) is 16.5. The topological polar surface area (TPSA) is 127 Å². The summed E-state index contributed by atoms with van der Waals surface area (Å²) in [6.07, 6.45) is 0.0705. The molecule has 31 heavy (non-hydrogen) atoms. The Morgan fingerprint density at radius 1 is 1.03 bits per heavy atom. The summed E-state index contributed by atoms with van der Waals surface area (Å²) < 4.78 is 30.7. The molecule has 2 aromatic rings. The van der Waals surface area contributed by atoms with Crippen LogP contribution in [-0.2, 0) is 25.2 Å². The van der Waals surface area contributed by atoms with Gasteiger partial charge in [-0.15, -0.1) is 0 Å². The Hall–Kier alpha value is -3.53. The van der Waals surface area contributed by atoms with Crippen LogP contribution in [0.1, 0.15) is 39.1 Å². The molecule has 1 N–H and O–H groups in total. The summed E-state index contributed by atoms with van der Waals surface area (Å²) in [5.41, 5.74) is 0.457. The van der Waals surface area contributed by atoms with Gasteiger partial charge in [-0.05, 0) is 42.3 Å². The average molecular weight is 442 g/mol. The highest BCUT2D eigenvalue weighted by Gasteiger charge is 2.44. The van der Waals surface area contributed by atoms with Crippen molar-refractivity contribution < 1.29 is 32.3 Å². The highest BCUT2D eigenvalue weighted by atomic mass is 32.2. The number of hydrogen-bond acceptors (Lipinski definition) is 7. The van der Waals surface area contributed by atoms with Crippen LogP contribution >= 0.6 is 0 Å². The third-order valence-corrected chi connectivity index (χ3v) is 6.95. The summed E-state index contributed by atoms with van der Waals surface area (Å²) in [6, 6.07) is 9.19. The lowest BCUT2D eigenvalue weighted by molar-refractivity contribution is -0.136. The molecule has 4 amide bonds. The molecule has 1 saturated heterocycles. The van der Waals surface area contributed by atoms with Gasteiger partial charge in [-0.2, -0.15) is 0 Å². The van der Waals surface area contributed by atoms with E-state index in [2.05, 4.69) is 5.32 Å². The molecular weight excluding hydrogens is 424 g/mol. The molecule has 160 valence electrons. The molecule has 0 aromatic heterocycles. The second-order valence-corrected chi connectivity index (χ2v) is 9.25. The number of benzene rings is 2. The van der Waals surface area contributed by atoms with Gasteiger partial charge in [-0.1, -0.05) is 12.1 Å². The molecule has 4 rings (SSSR count). The van der Waals surface area contributed by atoms with Crippen molar-refractivity contribution in [2.45, 2.75) is 29.5 Å². The Balaban J connectivity index is 1.61. The van der Waals surface area contributed by atoms with Gasteiger partial charge in [-0.3, -0.25) is 29.4 Å². The van der Waals surface area contributed by atoms with Crippen molar-refractivity contribution in [1.82, 2.24) is 10.2 Å². The third kappa shape index (κ3) is 3.70. The predicted molar refractivity (Wildman–Crippen MR) is 107 cm³/mol. The molecule has 10 heteroatoms. The number of fused-ring (bicyclic) bond motifs is 1. The molecular formula is C21H18N2O7S. The van der Waals surface area contributed by atoms with E-state index in [0.29, 0.717) is 11.3 Å². The van der Waals surface area contributed by atoms with Crippen LogP contribution in [0, 0.1) is 0 Å². The molecule has 0 aliphatic carbocycles. The number of methoxy groups -OCH3 is 1. The van der Waals surface area contributed by atoms with Crippen molar-refractivity contribution in [2.24, 2.45) is 0 Å². The number of hydrogen-bond donors (Lipinski definition) is 1. The van der Waals surface area contributed by atoms with Gasteiger partial charge in [0.05, 0.1) is 28.9 Å². The molecule has 9 nitrogen and oxygen atoms in total. The molecule has 2 aromatic carbocycles. The summed E-state index contributed by atoms with van der Waals surface area (Å²) in [5.74, 6) is -2.47. The quantitative estimate of drug-likeness (QED) is 0.686. The van der Waals surface area contributed by atoms with Crippen LogP contribution in [0.25, 0.3) is 0 Å².